The third-order valence-electron chi connectivity index (χ3n) is 3.01. The average molecular weight is 246 g/mol. The van der Waals surface area contributed by atoms with Crippen molar-refractivity contribution in [2.75, 3.05) is 23.0 Å². The first kappa shape index (κ1) is 10.9. The fourth-order valence-electron chi connectivity index (χ4n) is 2.11. The molecular weight excluding hydrogens is 232 g/mol. The van der Waals surface area contributed by atoms with Crippen LogP contribution in [-0.2, 0) is 0 Å². The lowest BCUT2D eigenvalue weighted by Crippen LogP contribution is -2.42. The molecule has 0 amide bonds. The van der Waals surface area contributed by atoms with Crippen LogP contribution in [0.1, 0.15) is 0 Å². The number of rotatable bonds is 1. The Balaban J connectivity index is 1.99. The molecule has 88 valence electrons. The largest absolute Gasteiger partial charge is 0.373 e. The molecule has 1 fully saturated rings. The molecule has 1 N–H and O–H groups in total. The Morgan fingerprint density at radius 3 is 3.12 bits per heavy atom. The highest BCUT2D eigenvalue weighted by molar-refractivity contribution is 7.99. The predicted molar refractivity (Wildman–Crippen MR) is 72.4 cm³/mol. The van der Waals surface area contributed by atoms with E-state index in [9.17, 15) is 5.11 Å². The minimum Gasteiger partial charge on any atom is -0.373 e. The van der Waals surface area contributed by atoms with Gasteiger partial charge in [0.25, 0.3) is 0 Å². The summed E-state index contributed by atoms with van der Waals surface area (Å²) in [4.78, 5) is 6.45. The fourth-order valence-corrected chi connectivity index (χ4v) is 2.99. The van der Waals surface area contributed by atoms with Gasteiger partial charge in [0.05, 0.1) is 17.4 Å². The van der Waals surface area contributed by atoms with Gasteiger partial charge < -0.3 is 10.0 Å². The Morgan fingerprint density at radius 2 is 2.24 bits per heavy atom. The molecule has 2 heterocycles. The minimum atomic E-state index is -0.392. The Kier molecular flexibility index (Phi) is 2.91. The number of aliphatic hydroxyl groups excluding tert-OH is 1. The molecule has 3 nitrogen and oxygen atoms in total. The van der Waals surface area contributed by atoms with Crippen LogP contribution in [-0.4, -0.2) is 34.4 Å². The van der Waals surface area contributed by atoms with Gasteiger partial charge in [0.2, 0.25) is 0 Å². The zero-order chi connectivity index (χ0) is 11.7. The summed E-state index contributed by atoms with van der Waals surface area (Å²) in [5.41, 5.74) is 2.01. The van der Waals surface area contributed by atoms with Crippen molar-refractivity contribution >= 4 is 28.4 Å². The van der Waals surface area contributed by atoms with Gasteiger partial charge in [-0.3, -0.25) is 4.98 Å². The molecule has 4 heteroatoms. The van der Waals surface area contributed by atoms with E-state index in [0.717, 1.165) is 34.6 Å². The first-order valence-corrected chi connectivity index (χ1v) is 6.87. The maximum absolute atomic E-state index is 9.97. The summed E-state index contributed by atoms with van der Waals surface area (Å²) in [5.74, 6) is 1.83. The number of benzene rings is 1. The van der Waals surface area contributed by atoms with Crippen LogP contribution < -0.4 is 4.90 Å². The zero-order valence-electron chi connectivity index (χ0n) is 9.41. The standard InChI is InChI=1S/C13H14N2OS/c16-13-9-17-6-5-15(13)11-7-10-3-1-2-4-12(10)14-8-11/h1-4,7-8,13,16H,5-6,9H2. The van der Waals surface area contributed by atoms with Crippen molar-refractivity contribution < 1.29 is 5.11 Å². The number of hydrogen-bond donors (Lipinski definition) is 1. The molecule has 1 aliphatic rings. The molecule has 1 saturated heterocycles. The Labute approximate surface area is 104 Å². The fraction of sp³-hybridized carbons (Fsp3) is 0.308. The highest BCUT2D eigenvalue weighted by Gasteiger charge is 2.20. The van der Waals surface area contributed by atoms with E-state index in [1.807, 2.05) is 29.3 Å². The van der Waals surface area contributed by atoms with Crippen molar-refractivity contribution in [2.24, 2.45) is 0 Å². The van der Waals surface area contributed by atoms with Crippen LogP contribution in [0.15, 0.2) is 36.5 Å². The molecule has 1 aromatic heterocycles. The Morgan fingerprint density at radius 1 is 1.35 bits per heavy atom. The van der Waals surface area contributed by atoms with Crippen molar-refractivity contribution in [3.63, 3.8) is 0 Å². The highest BCUT2D eigenvalue weighted by Crippen LogP contribution is 2.25. The normalized spacial score (nSPS) is 20.8. The lowest BCUT2D eigenvalue weighted by Gasteiger charge is -2.33. The highest BCUT2D eigenvalue weighted by atomic mass is 32.2. The minimum absolute atomic E-state index is 0.392. The van der Waals surface area contributed by atoms with Crippen LogP contribution in [0.4, 0.5) is 5.69 Å². The maximum atomic E-state index is 9.97. The lowest BCUT2D eigenvalue weighted by molar-refractivity contribution is 0.192. The third kappa shape index (κ3) is 2.10. The number of aromatic nitrogens is 1. The molecule has 2 aromatic rings. The summed E-state index contributed by atoms with van der Waals surface area (Å²) in [5, 5.41) is 11.1. The van der Waals surface area contributed by atoms with Crippen molar-refractivity contribution in [2.45, 2.75) is 6.23 Å². The van der Waals surface area contributed by atoms with Crippen molar-refractivity contribution in [1.29, 1.82) is 0 Å². The van der Waals surface area contributed by atoms with Crippen LogP contribution in [0.3, 0.4) is 0 Å². The molecule has 0 saturated carbocycles. The predicted octanol–water partition coefficient (Wildman–Crippen LogP) is 2.11. The lowest BCUT2D eigenvalue weighted by atomic mass is 10.2. The number of thioether (sulfide) groups is 1. The SMILES string of the molecule is OC1CSCCN1c1cnc2ccccc2c1. The number of pyridine rings is 1. The van der Waals surface area contributed by atoms with Gasteiger partial charge in [-0.25, -0.2) is 0 Å². The van der Waals surface area contributed by atoms with E-state index in [2.05, 4.69) is 17.1 Å². The van der Waals surface area contributed by atoms with Crippen molar-refractivity contribution in [1.82, 2.24) is 4.98 Å². The molecule has 0 aliphatic carbocycles. The number of anilines is 1. The van der Waals surface area contributed by atoms with E-state index < -0.39 is 6.23 Å². The van der Waals surface area contributed by atoms with E-state index in [1.165, 1.54) is 0 Å². The van der Waals surface area contributed by atoms with Crippen LogP contribution >= 0.6 is 11.8 Å². The molecule has 0 spiro atoms. The van der Waals surface area contributed by atoms with Gasteiger partial charge in [-0.2, -0.15) is 11.8 Å². The van der Waals surface area contributed by atoms with E-state index >= 15 is 0 Å². The van der Waals surface area contributed by atoms with Crippen LogP contribution in [0.25, 0.3) is 10.9 Å². The van der Waals surface area contributed by atoms with Gasteiger partial charge in [0.15, 0.2) is 0 Å². The quantitative estimate of drug-likeness (QED) is 0.836. The van der Waals surface area contributed by atoms with Gasteiger partial charge in [0.1, 0.15) is 6.23 Å². The summed E-state index contributed by atoms with van der Waals surface area (Å²) in [6, 6.07) is 10.2. The van der Waals surface area contributed by atoms with Crippen LogP contribution in [0, 0.1) is 0 Å². The smallest absolute Gasteiger partial charge is 0.136 e. The van der Waals surface area contributed by atoms with Crippen molar-refractivity contribution in [3.8, 4) is 0 Å². The number of hydrogen-bond acceptors (Lipinski definition) is 4. The maximum Gasteiger partial charge on any atom is 0.136 e. The molecule has 1 aromatic carbocycles. The summed E-state index contributed by atoms with van der Waals surface area (Å²) in [6.45, 7) is 0.881. The zero-order valence-corrected chi connectivity index (χ0v) is 10.2. The second-order valence-corrected chi connectivity index (χ2v) is 5.28. The number of para-hydroxylation sites is 1. The van der Waals surface area contributed by atoms with Gasteiger partial charge in [-0.05, 0) is 12.1 Å². The molecule has 0 bridgehead atoms. The van der Waals surface area contributed by atoms with Crippen molar-refractivity contribution in [3.05, 3.63) is 36.5 Å². The van der Waals surface area contributed by atoms with E-state index in [4.69, 9.17) is 0 Å². The van der Waals surface area contributed by atoms with Crippen LogP contribution in [0.2, 0.25) is 0 Å². The first-order chi connectivity index (χ1) is 8.34. The monoisotopic (exact) mass is 246 g/mol. The third-order valence-corrected chi connectivity index (χ3v) is 4.02. The molecule has 1 aliphatic heterocycles. The van der Waals surface area contributed by atoms with Gasteiger partial charge in [-0.1, -0.05) is 18.2 Å². The number of nitrogens with zero attached hydrogens (tertiary/aromatic N) is 2. The molecular formula is C13H14N2OS. The number of fused-ring (bicyclic) bond motifs is 1. The van der Waals surface area contributed by atoms with Crippen LogP contribution in [0.5, 0.6) is 0 Å². The summed E-state index contributed by atoms with van der Waals surface area (Å²) >= 11 is 1.79. The summed E-state index contributed by atoms with van der Waals surface area (Å²) in [7, 11) is 0. The molecule has 1 atom stereocenters. The molecule has 0 radical (unpaired) electrons. The topological polar surface area (TPSA) is 36.4 Å². The van der Waals surface area contributed by atoms with Gasteiger partial charge in [-0.15, -0.1) is 0 Å². The average Bonchev–Trinajstić information content (AvgIpc) is 2.39. The molecule has 1 unspecified atom stereocenters. The van der Waals surface area contributed by atoms with E-state index in [1.54, 1.807) is 11.8 Å². The second-order valence-electron chi connectivity index (χ2n) is 4.14. The van der Waals surface area contributed by atoms with Gasteiger partial charge >= 0.3 is 0 Å². The summed E-state index contributed by atoms with van der Waals surface area (Å²) < 4.78 is 0. The number of aliphatic hydroxyl groups is 1. The molecule has 17 heavy (non-hydrogen) atoms. The Hall–Kier alpha value is -1.26. The Bertz CT molecular complexity index is 532. The molecule has 3 rings (SSSR count). The van der Waals surface area contributed by atoms with E-state index in [-0.39, 0.29) is 0 Å². The summed E-state index contributed by atoms with van der Waals surface area (Å²) in [6.07, 6.45) is 1.46. The van der Waals surface area contributed by atoms with E-state index in [0.29, 0.717) is 0 Å². The first-order valence-electron chi connectivity index (χ1n) is 5.72. The second kappa shape index (κ2) is 4.55. The van der Waals surface area contributed by atoms with Gasteiger partial charge in [0, 0.05) is 23.4 Å².